The van der Waals surface area contributed by atoms with E-state index in [9.17, 15) is 4.79 Å². The SMILES string of the molecule is Cn1ccc2cc(NC(=O)Nc3cncc4ccccc34)ccc21. The number of carbonyl (C=O) groups excluding carboxylic acids is 1. The number of nitrogens with one attached hydrogen (secondary N) is 2. The van der Waals surface area contributed by atoms with Crippen molar-refractivity contribution in [3.05, 3.63) is 67.1 Å². The maximum Gasteiger partial charge on any atom is 0.323 e. The summed E-state index contributed by atoms with van der Waals surface area (Å²) in [7, 11) is 2.00. The average molecular weight is 316 g/mol. The van der Waals surface area contributed by atoms with Gasteiger partial charge in [0, 0.05) is 46.8 Å². The molecule has 0 aliphatic heterocycles. The normalized spacial score (nSPS) is 10.9. The Morgan fingerprint density at radius 3 is 2.79 bits per heavy atom. The Labute approximate surface area is 138 Å². The fourth-order valence-electron chi connectivity index (χ4n) is 2.86. The number of rotatable bonds is 2. The molecular formula is C19H16N4O. The molecule has 0 fully saturated rings. The van der Waals surface area contributed by atoms with Crippen LogP contribution in [-0.4, -0.2) is 15.6 Å². The summed E-state index contributed by atoms with van der Waals surface area (Å²) in [6.07, 6.45) is 5.43. The monoisotopic (exact) mass is 316 g/mol. The first kappa shape index (κ1) is 14.3. The highest BCUT2D eigenvalue weighted by Gasteiger charge is 2.07. The molecular weight excluding hydrogens is 300 g/mol. The van der Waals surface area contributed by atoms with Gasteiger partial charge in [0.2, 0.25) is 0 Å². The summed E-state index contributed by atoms with van der Waals surface area (Å²) < 4.78 is 2.04. The molecule has 2 N–H and O–H groups in total. The van der Waals surface area contributed by atoms with Crippen LogP contribution in [0, 0.1) is 0 Å². The summed E-state index contributed by atoms with van der Waals surface area (Å²) in [5.41, 5.74) is 2.56. The second kappa shape index (κ2) is 5.70. The molecule has 2 aromatic heterocycles. The number of nitrogens with zero attached hydrogens (tertiary/aromatic N) is 2. The van der Waals surface area contributed by atoms with Crippen LogP contribution in [0.3, 0.4) is 0 Å². The van der Waals surface area contributed by atoms with Crippen molar-refractivity contribution in [2.75, 3.05) is 10.6 Å². The molecule has 0 saturated carbocycles. The summed E-state index contributed by atoms with van der Waals surface area (Å²) in [4.78, 5) is 16.5. The van der Waals surface area contributed by atoms with Gasteiger partial charge in [-0.1, -0.05) is 24.3 Å². The third kappa shape index (κ3) is 2.56. The summed E-state index contributed by atoms with van der Waals surface area (Å²) in [5, 5.41) is 8.77. The van der Waals surface area contributed by atoms with Gasteiger partial charge in [-0.2, -0.15) is 0 Å². The Kier molecular flexibility index (Phi) is 3.39. The van der Waals surface area contributed by atoms with E-state index in [1.54, 1.807) is 12.4 Å². The zero-order valence-electron chi connectivity index (χ0n) is 13.2. The van der Waals surface area contributed by atoms with Gasteiger partial charge in [0.1, 0.15) is 0 Å². The van der Waals surface area contributed by atoms with Gasteiger partial charge in [-0.3, -0.25) is 4.98 Å². The standard InChI is InChI=1S/C19H16N4O/c1-23-9-8-13-10-15(6-7-18(13)23)21-19(24)22-17-12-20-11-14-4-2-3-5-16(14)17/h2-12H,1H3,(H2,21,22,24). The van der Waals surface area contributed by atoms with Gasteiger partial charge in [-0.15, -0.1) is 0 Å². The summed E-state index contributed by atoms with van der Waals surface area (Å²) in [6.45, 7) is 0. The van der Waals surface area contributed by atoms with Crippen LogP contribution < -0.4 is 10.6 Å². The van der Waals surface area contributed by atoms with Crippen molar-refractivity contribution in [1.82, 2.24) is 9.55 Å². The number of carbonyl (C=O) groups is 1. The summed E-state index contributed by atoms with van der Waals surface area (Å²) >= 11 is 0. The zero-order chi connectivity index (χ0) is 16.5. The van der Waals surface area contributed by atoms with Crippen LogP contribution in [0.25, 0.3) is 21.7 Å². The van der Waals surface area contributed by atoms with Crippen LogP contribution in [-0.2, 0) is 7.05 Å². The topological polar surface area (TPSA) is 59.0 Å². The quantitative estimate of drug-likeness (QED) is 0.577. The molecule has 2 aromatic carbocycles. The van der Waals surface area contributed by atoms with E-state index in [1.807, 2.05) is 66.3 Å². The third-order valence-electron chi connectivity index (χ3n) is 4.06. The largest absolute Gasteiger partial charge is 0.351 e. The molecule has 2 amide bonds. The fraction of sp³-hybridized carbons (Fsp3) is 0.0526. The van der Waals surface area contributed by atoms with Crippen LogP contribution >= 0.6 is 0 Å². The van der Waals surface area contributed by atoms with Gasteiger partial charge in [0.05, 0.1) is 11.9 Å². The summed E-state index contributed by atoms with van der Waals surface area (Å²) in [5.74, 6) is 0. The molecule has 0 atom stereocenters. The molecule has 0 saturated heterocycles. The number of benzene rings is 2. The minimum absolute atomic E-state index is 0.288. The van der Waals surface area contributed by atoms with Crippen LogP contribution in [0.5, 0.6) is 0 Å². The highest BCUT2D eigenvalue weighted by molar-refractivity contribution is 6.06. The van der Waals surface area contributed by atoms with Crippen molar-refractivity contribution in [3.63, 3.8) is 0 Å². The number of hydrogen-bond acceptors (Lipinski definition) is 2. The molecule has 2 heterocycles. The second-order valence-corrected chi connectivity index (χ2v) is 5.69. The van der Waals surface area contributed by atoms with Crippen molar-refractivity contribution >= 4 is 39.1 Å². The molecule has 4 rings (SSSR count). The first-order valence-corrected chi connectivity index (χ1v) is 7.66. The molecule has 5 heteroatoms. The van der Waals surface area contributed by atoms with Crippen LogP contribution in [0.15, 0.2) is 67.1 Å². The van der Waals surface area contributed by atoms with E-state index in [0.29, 0.717) is 5.69 Å². The number of hydrogen-bond donors (Lipinski definition) is 2. The van der Waals surface area contributed by atoms with Gasteiger partial charge in [-0.25, -0.2) is 4.79 Å². The Balaban J connectivity index is 1.57. The van der Waals surface area contributed by atoms with Gasteiger partial charge < -0.3 is 15.2 Å². The third-order valence-corrected chi connectivity index (χ3v) is 4.06. The lowest BCUT2D eigenvalue weighted by Crippen LogP contribution is -2.19. The summed E-state index contributed by atoms with van der Waals surface area (Å²) in [6, 6.07) is 15.4. The van der Waals surface area contributed by atoms with E-state index in [0.717, 1.165) is 27.4 Å². The Morgan fingerprint density at radius 2 is 1.88 bits per heavy atom. The minimum Gasteiger partial charge on any atom is -0.351 e. The van der Waals surface area contributed by atoms with Crippen molar-refractivity contribution in [1.29, 1.82) is 0 Å². The maximum atomic E-state index is 12.3. The maximum absolute atomic E-state index is 12.3. The molecule has 0 aliphatic carbocycles. The first-order chi connectivity index (χ1) is 11.7. The lowest BCUT2D eigenvalue weighted by molar-refractivity contribution is 0.262. The van der Waals surface area contributed by atoms with E-state index in [4.69, 9.17) is 0 Å². The molecule has 5 nitrogen and oxygen atoms in total. The van der Waals surface area contributed by atoms with Crippen molar-refractivity contribution in [2.45, 2.75) is 0 Å². The van der Waals surface area contributed by atoms with E-state index in [1.165, 1.54) is 0 Å². The van der Waals surface area contributed by atoms with Gasteiger partial charge in [0.15, 0.2) is 0 Å². The molecule has 118 valence electrons. The number of pyridine rings is 1. The predicted octanol–water partition coefficient (Wildman–Crippen LogP) is 4.37. The number of amides is 2. The van der Waals surface area contributed by atoms with Crippen LogP contribution in [0.2, 0.25) is 0 Å². The predicted molar refractivity (Wildman–Crippen MR) is 97.3 cm³/mol. The molecule has 4 aromatic rings. The Morgan fingerprint density at radius 1 is 1.00 bits per heavy atom. The average Bonchev–Trinajstić information content (AvgIpc) is 2.96. The lowest BCUT2D eigenvalue weighted by Gasteiger charge is -2.10. The second-order valence-electron chi connectivity index (χ2n) is 5.69. The highest BCUT2D eigenvalue weighted by Crippen LogP contribution is 2.23. The molecule has 24 heavy (non-hydrogen) atoms. The smallest absolute Gasteiger partial charge is 0.323 e. The van der Waals surface area contributed by atoms with Crippen LogP contribution in [0.1, 0.15) is 0 Å². The van der Waals surface area contributed by atoms with E-state index in [2.05, 4.69) is 15.6 Å². The zero-order valence-corrected chi connectivity index (χ0v) is 13.2. The van der Waals surface area contributed by atoms with E-state index < -0.39 is 0 Å². The number of aryl methyl sites for hydroxylation is 1. The molecule has 0 aliphatic rings. The fourth-order valence-corrected chi connectivity index (χ4v) is 2.86. The first-order valence-electron chi connectivity index (χ1n) is 7.66. The molecule has 0 unspecified atom stereocenters. The van der Waals surface area contributed by atoms with Crippen molar-refractivity contribution < 1.29 is 4.79 Å². The van der Waals surface area contributed by atoms with Crippen LogP contribution in [0.4, 0.5) is 16.2 Å². The van der Waals surface area contributed by atoms with Gasteiger partial charge >= 0.3 is 6.03 Å². The number of anilines is 2. The van der Waals surface area contributed by atoms with Gasteiger partial charge in [0.25, 0.3) is 0 Å². The highest BCUT2D eigenvalue weighted by atomic mass is 16.2. The van der Waals surface area contributed by atoms with E-state index >= 15 is 0 Å². The Bertz CT molecular complexity index is 1050. The molecule has 0 radical (unpaired) electrons. The van der Waals surface area contributed by atoms with E-state index in [-0.39, 0.29) is 6.03 Å². The number of fused-ring (bicyclic) bond motifs is 2. The molecule has 0 bridgehead atoms. The lowest BCUT2D eigenvalue weighted by atomic mass is 10.1. The van der Waals surface area contributed by atoms with Gasteiger partial charge in [-0.05, 0) is 24.3 Å². The van der Waals surface area contributed by atoms with Crippen molar-refractivity contribution in [2.24, 2.45) is 7.05 Å². The number of aromatic nitrogens is 2. The van der Waals surface area contributed by atoms with Crippen molar-refractivity contribution in [3.8, 4) is 0 Å². The number of urea groups is 1. The Hall–Kier alpha value is -3.34. The minimum atomic E-state index is -0.288. The molecule has 0 spiro atoms.